The molecule has 2 aromatic carbocycles. The summed E-state index contributed by atoms with van der Waals surface area (Å²) in [7, 11) is -3.72. The topological polar surface area (TPSA) is 97.2 Å². The fourth-order valence-electron chi connectivity index (χ4n) is 3.88. The number of carbonyl (C=O) groups excluding carboxylic acids is 1. The van der Waals surface area contributed by atoms with Gasteiger partial charge in [0.2, 0.25) is 15.9 Å². The number of nitrogens with zero attached hydrogens (tertiary/aromatic N) is 4. The third-order valence-corrected chi connectivity index (χ3v) is 6.86. The first-order valence-corrected chi connectivity index (χ1v) is 11.1. The molecule has 1 aromatic heterocycles. The SMILES string of the molecule is CC(=O)N1c2ccc(S(=O)(=O)N[C@@H](C)c3ccc(-n4cncn4)cc3)cc2C[C@@H]1C. The molecule has 0 unspecified atom stereocenters. The van der Waals surface area contributed by atoms with Crippen molar-refractivity contribution in [2.24, 2.45) is 0 Å². The average molecular weight is 426 g/mol. The van der Waals surface area contributed by atoms with Gasteiger partial charge in [0.1, 0.15) is 12.7 Å². The predicted octanol–water partition coefficient (Wildman–Crippen LogP) is 2.60. The summed E-state index contributed by atoms with van der Waals surface area (Å²) in [5.74, 6) is -0.0436. The zero-order chi connectivity index (χ0) is 21.5. The Morgan fingerprint density at radius 1 is 1.20 bits per heavy atom. The molecule has 4 rings (SSSR count). The second-order valence-electron chi connectivity index (χ2n) is 7.51. The highest BCUT2D eigenvalue weighted by atomic mass is 32.2. The van der Waals surface area contributed by atoms with Crippen LogP contribution in [0.5, 0.6) is 0 Å². The lowest BCUT2D eigenvalue weighted by Gasteiger charge is -2.20. The Labute approximate surface area is 175 Å². The van der Waals surface area contributed by atoms with Gasteiger partial charge in [-0.05, 0) is 61.7 Å². The Morgan fingerprint density at radius 2 is 1.93 bits per heavy atom. The van der Waals surface area contributed by atoms with Crippen LogP contribution in [0.3, 0.4) is 0 Å². The van der Waals surface area contributed by atoms with Crippen LogP contribution in [0.2, 0.25) is 0 Å². The summed E-state index contributed by atoms with van der Waals surface area (Å²) in [6.45, 7) is 5.28. The quantitative estimate of drug-likeness (QED) is 0.678. The minimum Gasteiger partial charge on any atom is -0.309 e. The number of fused-ring (bicyclic) bond motifs is 1. The summed E-state index contributed by atoms with van der Waals surface area (Å²) in [4.78, 5) is 17.7. The van der Waals surface area contributed by atoms with Crippen LogP contribution in [0.15, 0.2) is 60.0 Å². The second-order valence-corrected chi connectivity index (χ2v) is 9.22. The van der Waals surface area contributed by atoms with Gasteiger partial charge in [-0.1, -0.05) is 12.1 Å². The van der Waals surface area contributed by atoms with E-state index in [-0.39, 0.29) is 16.8 Å². The highest BCUT2D eigenvalue weighted by molar-refractivity contribution is 7.89. The summed E-state index contributed by atoms with van der Waals surface area (Å²) in [6, 6.07) is 12.0. The molecule has 1 aliphatic rings. The number of amides is 1. The maximum atomic E-state index is 13.0. The van der Waals surface area contributed by atoms with Crippen molar-refractivity contribution in [1.82, 2.24) is 19.5 Å². The molecule has 156 valence electrons. The monoisotopic (exact) mass is 425 g/mol. The van der Waals surface area contributed by atoms with E-state index >= 15 is 0 Å². The van der Waals surface area contributed by atoms with E-state index in [0.29, 0.717) is 6.42 Å². The maximum absolute atomic E-state index is 13.0. The van der Waals surface area contributed by atoms with Crippen molar-refractivity contribution < 1.29 is 13.2 Å². The smallest absolute Gasteiger partial charge is 0.241 e. The summed E-state index contributed by atoms with van der Waals surface area (Å²) >= 11 is 0. The Morgan fingerprint density at radius 3 is 2.57 bits per heavy atom. The van der Waals surface area contributed by atoms with Crippen molar-refractivity contribution in [3.8, 4) is 5.69 Å². The van der Waals surface area contributed by atoms with Crippen molar-refractivity contribution >= 4 is 21.6 Å². The van der Waals surface area contributed by atoms with Crippen LogP contribution in [-0.2, 0) is 21.2 Å². The van der Waals surface area contributed by atoms with E-state index in [1.165, 1.54) is 13.3 Å². The van der Waals surface area contributed by atoms with E-state index in [1.54, 1.807) is 41.0 Å². The van der Waals surface area contributed by atoms with Crippen LogP contribution in [0.1, 0.15) is 37.9 Å². The molecule has 1 N–H and O–H groups in total. The minimum absolute atomic E-state index is 0.0193. The second kappa shape index (κ2) is 7.66. The summed E-state index contributed by atoms with van der Waals surface area (Å²) in [5.41, 5.74) is 3.32. The molecule has 1 amide bonds. The van der Waals surface area contributed by atoms with Crippen LogP contribution < -0.4 is 9.62 Å². The molecule has 3 aromatic rings. The number of anilines is 1. The van der Waals surface area contributed by atoms with Crippen LogP contribution in [0.25, 0.3) is 5.69 Å². The summed E-state index contributed by atoms with van der Waals surface area (Å²) in [5, 5.41) is 4.08. The zero-order valence-electron chi connectivity index (χ0n) is 17.0. The number of sulfonamides is 1. The first kappa shape index (κ1) is 20.2. The molecule has 0 saturated carbocycles. The summed E-state index contributed by atoms with van der Waals surface area (Å²) in [6.07, 6.45) is 3.69. The molecule has 30 heavy (non-hydrogen) atoms. The third-order valence-electron chi connectivity index (χ3n) is 5.32. The van der Waals surface area contributed by atoms with Crippen molar-refractivity contribution in [2.45, 2.75) is 44.2 Å². The number of nitrogens with one attached hydrogen (secondary N) is 1. The molecular weight excluding hydrogens is 402 g/mol. The van der Waals surface area contributed by atoms with E-state index in [9.17, 15) is 13.2 Å². The van der Waals surface area contributed by atoms with Gasteiger partial charge in [-0.3, -0.25) is 4.79 Å². The van der Waals surface area contributed by atoms with Gasteiger partial charge < -0.3 is 4.90 Å². The normalized spacial score (nSPS) is 17.0. The van der Waals surface area contributed by atoms with Gasteiger partial charge in [0, 0.05) is 24.7 Å². The van der Waals surface area contributed by atoms with Gasteiger partial charge in [0.25, 0.3) is 0 Å². The molecule has 2 heterocycles. The molecule has 1 aliphatic heterocycles. The third kappa shape index (κ3) is 3.73. The first-order valence-electron chi connectivity index (χ1n) is 9.66. The van der Waals surface area contributed by atoms with Gasteiger partial charge in [0.05, 0.1) is 10.6 Å². The molecule has 0 spiro atoms. The highest BCUT2D eigenvalue weighted by Crippen LogP contribution is 2.34. The van der Waals surface area contributed by atoms with Gasteiger partial charge in [-0.2, -0.15) is 5.10 Å². The molecule has 8 nitrogen and oxygen atoms in total. The predicted molar refractivity (Wildman–Crippen MR) is 113 cm³/mol. The molecular formula is C21H23N5O3S. The standard InChI is InChI=1S/C21H23N5O3S/c1-14-10-18-11-20(8-9-21(18)26(14)16(3)27)30(28,29)24-15(2)17-4-6-19(7-5-17)25-13-22-12-23-25/h4-9,11-15,24H,10H2,1-3H3/t14-,15-/m0/s1. The molecule has 9 heteroatoms. The maximum Gasteiger partial charge on any atom is 0.241 e. The van der Waals surface area contributed by atoms with Crippen molar-refractivity contribution in [2.75, 3.05) is 4.90 Å². The van der Waals surface area contributed by atoms with Crippen molar-refractivity contribution in [3.05, 3.63) is 66.2 Å². The first-order chi connectivity index (χ1) is 14.3. The molecule has 0 saturated heterocycles. The Kier molecular flexibility index (Phi) is 5.17. The lowest BCUT2D eigenvalue weighted by Crippen LogP contribution is -2.33. The summed E-state index contributed by atoms with van der Waals surface area (Å²) < 4.78 is 30.3. The number of carbonyl (C=O) groups is 1. The van der Waals surface area contributed by atoms with Gasteiger partial charge in [-0.15, -0.1) is 0 Å². The van der Waals surface area contributed by atoms with Crippen molar-refractivity contribution in [1.29, 1.82) is 0 Å². The van der Waals surface area contributed by atoms with Crippen LogP contribution in [0.4, 0.5) is 5.69 Å². The van der Waals surface area contributed by atoms with Gasteiger partial charge >= 0.3 is 0 Å². The Bertz CT molecular complexity index is 1170. The van der Waals surface area contributed by atoms with E-state index < -0.39 is 16.1 Å². The highest BCUT2D eigenvalue weighted by Gasteiger charge is 2.30. The van der Waals surface area contributed by atoms with Crippen LogP contribution in [-0.4, -0.2) is 35.1 Å². The average Bonchev–Trinajstić information content (AvgIpc) is 3.34. The van der Waals surface area contributed by atoms with Gasteiger partial charge in [0.15, 0.2) is 0 Å². The lowest BCUT2D eigenvalue weighted by molar-refractivity contribution is -0.116. The molecule has 0 fully saturated rings. The Balaban J connectivity index is 1.53. The molecule has 2 atom stereocenters. The van der Waals surface area contributed by atoms with E-state index in [0.717, 1.165) is 22.5 Å². The Hall–Kier alpha value is -3.04. The largest absolute Gasteiger partial charge is 0.309 e. The molecule has 0 aliphatic carbocycles. The van der Waals surface area contributed by atoms with E-state index in [1.807, 2.05) is 31.2 Å². The van der Waals surface area contributed by atoms with Crippen molar-refractivity contribution in [3.63, 3.8) is 0 Å². The number of rotatable bonds is 5. The number of hydrogen-bond donors (Lipinski definition) is 1. The van der Waals surface area contributed by atoms with E-state index in [2.05, 4.69) is 14.8 Å². The zero-order valence-corrected chi connectivity index (χ0v) is 17.8. The van der Waals surface area contributed by atoms with Crippen LogP contribution >= 0.6 is 0 Å². The van der Waals surface area contributed by atoms with E-state index in [4.69, 9.17) is 0 Å². The number of benzene rings is 2. The number of aromatic nitrogens is 3. The number of hydrogen-bond acceptors (Lipinski definition) is 5. The fraction of sp³-hybridized carbons (Fsp3) is 0.286. The fourth-order valence-corrected chi connectivity index (χ4v) is 5.16. The minimum atomic E-state index is -3.72. The van der Waals surface area contributed by atoms with Crippen LogP contribution in [0, 0.1) is 0 Å². The lowest BCUT2D eigenvalue weighted by atomic mass is 10.1. The van der Waals surface area contributed by atoms with Gasteiger partial charge in [-0.25, -0.2) is 22.8 Å². The molecule has 0 bridgehead atoms. The molecule has 0 radical (unpaired) electrons.